The van der Waals surface area contributed by atoms with Gasteiger partial charge >= 0.3 is 0 Å². The zero-order valence-electron chi connectivity index (χ0n) is 11.6. The van der Waals surface area contributed by atoms with E-state index in [2.05, 4.69) is 20.8 Å². The van der Waals surface area contributed by atoms with Crippen molar-refractivity contribution in [3.8, 4) is 0 Å². The van der Waals surface area contributed by atoms with E-state index in [0.29, 0.717) is 17.5 Å². The van der Waals surface area contributed by atoms with Gasteiger partial charge in [-0.3, -0.25) is 4.79 Å². The molecule has 2 N–H and O–H groups in total. The van der Waals surface area contributed by atoms with Crippen molar-refractivity contribution in [1.82, 2.24) is 0 Å². The van der Waals surface area contributed by atoms with E-state index in [4.69, 9.17) is 5.73 Å². The summed E-state index contributed by atoms with van der Waals surface area (Å²) < 4.78 is 13.0. The predicted molar refractivity (Wildman–Crippen MR) is 72.1 cm³/mol. The fourth-order valence-electron chi connectivity index (χ4n) is 2.15. The Kier molecular flexibility index (Phi) is 4.63. The van der Waals surface area contributed by atoms with E-state index in [0.717, 1.165) is 6.42 Å². The highest BCUT2D eigenvalue weighted by Crippen LogP contribution is 2.22. The van der Waals surface area contributed by atoms with Crippen LogP contribution in [0.15, 0.2) is 18.2 Å². The van der Waals surface area contributed by atoms with Crippen LogP contribution in [0.2, 0.25) is 0 Å². The van der Waals surface area contributed by atoms with Gasteiger partial charge in [0.2, 0.25) is 0 Å². The van der Waals surface area contributed by atoms with Crippen LogP contribution in [0.5, 0.6) is 0 Å². The molecule has 0 aliphatic rings. The summed E-state index contributed by atoms with van der Waals surface area (Å²) in [6, 6.07) is 4.08. The second kappa shape index (κ2) is 5.61. The molecule has 0 saturated carbocycles. The van der Waals surface area contributed by atoms with Crippen molar-refractivity contribution in [3.05, 3.63) is 35.1 Å². The van der Waals surface area contributed by atoms with Crippen LogP contribution in [0.25, 0.3) is 0 Å². The zero-order valence-corrected chi connectivity index (χ0v) is 11.6. The first kappa shape index (κ1) is 14.8. The number of rotatable bonds is 4. The Balaban J connectivity index is 2.71. The third kappa shape index (κ3) is 4.57. The van der Waals surface area contributed by atoms with Gasteiger partial charge in [0, 0.05) is 18.0 Å². The lowest BCUT2D eigenvalue weighted by Crippen LogP contribution is -2.29. The molecule has 18 heavy (non-hydrogen) atoms. The molecule has 0 amide bonds. The van der Waals surface area contributed by atoms with E-state index < -0.39 is 0 Å². The van der Waals surface area contributed by atoms with Crippen molar-refractivity contribution in [3.63, 3.8) is 0 Å². The van der Waals surface area contributed by atoms with E-state index in [1.54, 1.807) is 6.92 Å². The van der Waals surface area contributed by atoms with Gasteiger partial charge < -0.3 is 5.73 Å². The average Bonchev–Trinajstić information content (AvgIpc) is 2.13. The van der Waals surface area contributed by atoms with Gasteiger partial charge in [-0.05, 0) is 42.5 Å². The van der Waals surface area contributed by atoms with Crippen molar-refractivity contribution in [2.45, 2.75) is 46.6 Å². The Hall–Kier alpha value is -1.22. The zero-order chi connectivity index (χ0) is 13.9. The van der Waals surface area contributed by atoms with Gasteiger partial charge in [0.05, 0.1) is 0 Å². The molecular formula is C15H22FNO. The van der Waals surface area contributed by atoms with Gasteiger partial charge in [0.1, 0.15) is 5.82 Å². The molecule has 1 atom stereocenters. The highest BCUT2D eigenvalue weighted by Gasteiger charge is 2.19. The lowest BCUT2D eigenvalue weighted by atomic mass is 9.86. The lowest BCUT2D eigenvalue weighted by molar-refractivity contribution is 0.0967. The van der Waals surface area contributed by atoms with Crippen LogP contribution in [0.4, 0.5) is 4.39 Å². The highest BCUT2D eigenvalue weighted by molar-refractivity contribution is 5.97. The number of hydrogen-bond donors (Lipinski definition) is 1. The van der Waals surface area contributed by atoms with E-state index in [1.165, 1.54) is 18.2 Å². The molecule has 0 aliphatic heterocycles. The van der Waals surface area contributed by atoms with E-state index >= 15 is 0 Å². The first-order chi connectivity index (χ1) is 8.19. The minimum absolute atomic E-state index is 0.00995. The van der Waals surface area contributed by atoms with Gasteiger partial charge in [-0.1, -0.05) is 20.8 Å². The molecule has 0 bridgehead atoms. The predicted octanol–water partition coefficient (Wildman–Crippen LogP) is 3.47. The summed E-state index contributed by atoms with van der Waals surface area (Å²) in [7, 11) is 0. The molecule has 0 radical (unpaired) electrons. The number of carbonyl (C=O) groups excluding carboxylic acids is 1. The standard InChI is InChI=1S/C15H22FNO/c1-10-7-11(16)5-6-13(10)14(18)8-12(17)9-15(2,3)4/h5-7,12H,8-9,17H2,1-4H3. The van der Waals surface area contributed by atoms with E-state index in [-0.39, 0.29) is 23.1 Å². The van der Waals surface area contributed by atoms with Crippen molar-refractivity contribution in [1.29, 1.82) is 0 Å². The summed E-state index contributed by atoms with van der Waals surface area (Å²) in [6.07, 6.45) is 1.10. The number of carbonyl (C=O) groups is 1. The first-order valence-electron chi connectivity index (χ1n) is 6.24. The Labute approximate surface area is 108 Å². The largest absolute Gasteiger partial charge is 0.327 e. The van der Waals surface area contributed by atoms with E-state index in [1.807, 2.05) is 0 Å². The maximum absolute atomic E-state index is 13.0. The van der Waals surface area contributed by atoms with Crippen LogP contribution >= 0.6 is 0 Å². The maximum atomic E-state index is 13.0. The molecule has 100 valence electrons. The number of ketones is 1. The van der Waals surface area contributed by atoms with Crippen LogP contribution in [0, 0.1) is 18.2 Å². The fourth-order valence-corrected chi connectivity index (χ4v) is 2.15. The van der Waals surface area contributed by atoms with E-state index in [9.17, 15) is 9.18 Å². The quantitative estimate of drug-likeness (QED) is 0.833. The van der Waals surface area contributed by atoms with Crippen molar-refractivity contribution >= 4 is 5.78 Å². The summed E-state index contributed by atoms with van der Waals surface area (Å²) in [5, 5.41) is 0. The summed E-state index contributed by atoms with van der Waals surface area (Å²) in [6.45, 7) is 8.03. The molecule has 0 aliphatic carbocycles. The van der Waals surface area contributed by atoms with Crippen molar-refractivity contribution < 1.29 is 9.18 Å². The second-order valence-corrected chi connectivity index (χ2v) is 6.11. The summed E-state index contributed by atoms with van der Waals surface area (Å²) in [4.78, 5) is 12.1. The van der Waals surface area contributed by atoms with Crippen LogP contribution in [0.1, 0.15) is 49.5 Å². The average molecular weight is 251 g/mol. The molecule has 0 saturated heterocycles. The number of nitrogens with two attached hydrogens (primary N) is 1. The summed E-state index contributed by atoms with van der Waals surface area (Å²) in [5.74, 6) is -0.327. The maximum Gasteiger partial charge on any atom is 0.164 e. The molecule has 1 aromatic carbocycles. The van der Waals surface area contributed by atoms with Crippen LogP contribution in [-0.4, -0.2) is 11.8 Å². The Morgan fingerprint density at radius 2 is 2.00 bits per heavy atom. The molecule has 0 heterocycles. The molecule has 3 heteroatoms. The fraction of sp³-hybridized carbons (Fsp3) is 0.533. The van der Waals surface area contributed by atoms with Gasteiger partial charge in [-0.25, -0.2) is 4.39 Å². The molecular weight excluding hydrogens is 229 g/mol. The monoisotopic (exact) mass is 251 g/mol. The molecule has 2 nitrogen and oxygen atoms in total. The topological polar surface area (TPSA) is 43.1 Å². The number of hydrogen-bond acceptors (Lipinski definition) is 2. The van der Waals surface area contributed by atoms with Gasteiger partial charge in [0.25, 0.3) is 0 Å². The Morgan fingerprint density at radius 1 is 1.39 bits per heavy atom. The molecule has 0 spiro atoms. The summed E-state index contributed by atoms with van der Waals surface area (Å²) in [5.41, 5.74) is 7.33. The van der Waals surface area contributed by atoms with Gasteiger partial charge in [-0.2, -0.15) is 0 Å². The molecule has 1 unspecified atom stereocenters. The van der Waals surface area contributed by atoms with Crippen LogP contribution in [-0.2, 0) is 0 Å². The summed E-state index contributed by atoms with van der Waals surface area (Å²) >= 11 is 0. The normalized spacial score (nSPS) is 13.4. The molecule has 1 aromatic rings. The van der Waals surface area contributed by atoms with Crippen molar-refractivity contribution in [2.24, 2.45) is 11.1 Å². The van der Waals surface area contributed by atoms with Crippen LogP contribution < -0.4 is 5.73 Å². The smallest absolute Gasteiger partial charge is 0.164 e. The number of aryl methyl sites for hydroxylation is 1. The van der Waals surface area contributed by atoms with Crippen molar-refractivity contribution in [2.75, 3.05) is 0 Å². The molecule has 1 rings (SSSR count). The number of Topliss-reactive ketones (excluding diaryl/α,β-unsaturated/α-hetero) is 1. The lowest BCUT2D eigenvalue weighted by Gasteiger charge is -2.22. The first-order valence-corrected chi connectivity index (χ1v) is 6.24. The number of halogens is 1. The molecule has 0 aromatic heterocycles. The minimum Gasteiger partial charge on any atom is -0.327 e. The Morgan fingerprint density at radius 3 is 2.50 bits per heavy atom. The second-order valence-electron chi connectivity index (χ2n) is 6.11. The van der Waals surface area contributed by atoms with Crippen LogP contribution in [0.3, 0.4) is 0 Å². The van der Waals surface area contributed by atoms with Gasteiger partial charge in [-0.15, -0.1) is 0 Å². The SMILES string of the molecule is Cc1cc(F)ccc1C(=O)CC(N)CC(C)(C)C. The third-order valence-corrected chi connectivity index (χ3v) is 2.81. The third-order valence-electron chi connectivity index (χ3n) is 2.81. The molecule has 0 fully saturated rings. The number of benzene rings is 1. The van der Waals surface area contributed by atoms with Gasteiger partial charge in [0.15, 0.2) is 5.78 Å². The minimum atomic E-state index is -0.317. The highest BCUT2D eigenvalue weighted by atomic mass is 19.1. The Bertz CT molecular complexity index is 435.